The van der Waals surface area contributed by atoms with Crippen LogP contribution in [0, 0.1) is 11.8 Å². The van der Waals surface area contributed by atoms with E-state index in [1.807, 2.05) is 4.57 Å². The fraction of sp³-hybridized carbons (Fsp3) is 0.500. The molecule has 21 heavy (non-hydrogen) atoms. The molecule has 1 aromatic carbocycles. The van der Waals surface area contributed by atoms with Crippen LogP contribution in [0.4, 0.5) is 0 Å². The third-order valence-corrected chi connectivity index (χ3v) is 4.68. The van der Waals surface area contributed by atoms with Gasteiger partial charge in [0.2, 0.25) is 0 Å². The summed E-state index contributed by atoms with van der Waals surface area (Å²) in [5.74, 6) is 0.172. The molecule has 0 radical (unpaired) electrons. The number of imidazole rings is 1. The first-order chi connectivity index (χ1) is 9.97. The highest BCUT2D eigenvalue weighted by Gasteiger charge is 2.29. The van der Waals surface area contributed by atoms with Crippen molar-refractivity contribution >= 4 is 17.0 Å². The number of H-pyrrole nitrogens is 1. The van der Waals surface area contributed by atoms with E-state index in [0.717, 1.165) is 24.8 Å². The van der Waals surface area contributed by atoms with E-state index in [0.29, 0.717) is 17.4 Å². The molecule has 1 heterocycles. The zero-order valence-corrected chi connectivity index (χ0v) is 12.3. The molecular formula is C16H20N2O3. The Hall–Kier alpha value is -2.04. The van der Waals surface area contributed by atoms with Gasteiger partial charge in [-0.1, -0.05) is 13.8 Å². The highest BCUT2D eigenvalue weighted by molar-refractivity contribution is 5.92. The van der Waals surface area contributed by atoms with Gasteiger partial charge in [0.05, 0.1) is 16.6 Å². The lowest BCUT2D eigenvalue weighted by atomic mass is 9.79. The number of hydrogen-bond donors (Lipinski definition) is 2. The summed E-state index contributed by atoms with van der Waals surface area (Å²) >= 11 is 0. The van der Waals surface area contributed by atoms with E-state index in [1.54, 1.807) is 12.1 Å². The van der Waals surface area contributed by atoms with Gasteiger partial charge in [-0.3, -0.25) is 4.57 Å². The predicted molar refractivity (Wildman–Crippen MR) is 80.7 cm³/mol. The number of nitrogens with zero attached hydrogens (tertiary/aromatic N) is 1. The van der Waals surface area contributed by atoms with Gasteiger partial charge in [0.1, 0.15) is 0 Å². The minimum absolute atomic E-state index is 0.140. The number of hydrogen-bond acceptors (Lipinski definition) is 2. The van der Waals surface area contributed by atoms with Crippen LogP contribution < -0.4 is 5.69 Å². The van der Waals surface area contributed by atoms with E-state index in [-0.39, 0.29) is 17.3 Å². The van der Waals surface area contributed by atoms with Crippen molar-refractivity contribution in [2.75, 3.05) is 0 Å². The van der Waals surface area contributed by atoms with E-state index in [1.165, 1.54) is 6.07 Å². The van der Waals surface area contributed by atoms with Crippen molar-refractivity contribution in [2.45, 2.75) is 39.2 Å². The zero-order chi connectivity index (χ0) is 15.1. The van der Waals surface area contributed by atoms with Crippen molar-refractivity contribution in [3.63, 3.8) is 0 Å². The monoisotopic (exact) mass is 288 g/mol. The molecule has 1 fully saturated rings. The molecule has 0 amide bonds. The van der Waals surface area contributed by atoms with Gasteiger partial charge in [0.15, 0.2) is 0 Å². The van der Waals surface area contributed by atoms with Gasteiger partial charge in [0.25, 0.3) is 0 Å². The van der Waals surface area contributed by atoms with Gasteiger partial charge in [-0.25, -0.2) is 9.59 Å². The van der Waals surface area contributed by atoms with Crippen LogP contribution in [0.2, 0.25) is 0 Å². The fourth-order valence-corrected chi connectivity index (χ4v) is 3.63. The van der Waals surface area contributed by atoms with Crippen molar-refractivity contribution in [3.8, 4) is 0 Å². The van der Waals surface area contributed by atoms with Crippen LogP contribution in [-0.2, 0) is 0 Å². The Bertz CT molecular complexity index is 744. The number of aromatic carboxylic acids is 1. The Morgan fingerprint density at radius 2 is 2.10 bits per heavy atom. The number of carboxylic acid groups (broad SMARTS) is 1. The van der Waals surface area contributed by atoms with Crippen molar-refractivity contribution in [1.29, 1.82) is 0 Å². The Kier molecular flexibility index (Phi) is 3.35. The second-order valence-corrected chi connectivity index (χ2v) is 6.30. The van der Waals surface area contributed by atoms with Gasteiger partial charge in [-0.15, -0.1) is 0 Å². The van der Waals surface area contributed by atoms with Crippen LogP contribution >= 0.6 is 0 Å². The van der Waals surface area contributed by atoms with Crippen LogP contribution in [0.15, 0.2) is 23.0 Å². The van der Waals surface area contributed by atoms with Crippen LogP contribution in [0.25, 0.3) is 11.0 Å². The SMILES string of the molecule is CC1CCC(n2c(=O)[nH]c3cc(C(=O)O)ccc32)C(C)C1. The van der Waals surface area contributed by atoms with E-state index >= 15 is 0 Å². The highest BCUT2D eigenvalue weighted by atomic mass is 16.4. The third-order valence-electron chi connectivity index (χ3n) is 4.68. The van der Waals surface area contributed by atoms with E-state index < -0.39 is 5.97 Å². The minimum Gasteiger partial charge on any atom is -0.478 e. The van der Waals surface area contributed by atoms with E-state index in [4.69, 9.17) is 5.11 Å². The number of nitrogens with one attached hydrogen (secondary N) is 1. The van der Waals surface area contributed by atoms with E-state index in [2.05, 4.69) is 18.8 Å². The van der Waals surface area contributed by atoms with Crippen LogP contribution in [-0.4, -0.2) is 20.6 Å². The standard InChI is InChI=1S/C16H20N2O3/c1-9-3-5-13(10(2)7-9)18-14-6-4-11(15(19)20)8-12(14)17-16(18)21/h4,6,8-10,13H,3,5,7H2,1-2H3,(H,17,21)(H,19,20). The number of aromatic amines is 1. The molecule has 2 aromatic rings. The Morgan fingerprint density at radius 1 is 1.33 bits per heavy atom. The maximum absolute atomic E-state index is 12.3. The van der Waals surface area contributed by atoms with Crippen molar-refractivity contribution < 1.29 is 9.90 Å². The molecule has 1 aliphatic carbocycles. The summed E-state index contributed by atoms with van der Waals surface area (Å²) in [6, 6.07) is 5.02. The Morgan fingerprint density at radius 3 is 2.76 bits per heavy atom. The lowest BCUT2D eigenvalue weighted by Gasteiger charge is -2.33. The molecule has 1 aliphatic rings. The summed E-state index contributed by atoms with van der Waals surface area (Å²) < 4.78 is 1.82. The second kappa shape index (κ2) is 5.06. The third kappa shape index (κ3) is 2.37. The number of rotatable bonds is 2. The summed E-state index contributed by atoms with van der Waals surface area (Å²) in [5.41, 5.74) is 1.46. The first kappa shape index (κ1) is 13.9. The van der Waals surface area contributed by atoms with Crippen LogP contribution in [0.3, 0.4) is 0 Å². The molecule has 2 N–H and O–H groups in total. The number of carbonyl (C=O) groups is 1. The van der Waals surface area contributed by atoms with Gasteiger partial charge >= 0.3 is 11.7 Å². The maximum atomic E-state index is 12.3. The molecule has 112 valence electrons. The Labute approximate surface area is 122 Å². The molecule has 1 aromatic heterocycles. The molecule has 5 nitrogen and oxygen atoms in total. The number of fused-ring (bicyclic) bond motifs is 1. The molecule has 0 bridgehead atoms. The molecule has 0 spiro atoms. The molecule has 3 unspecified atom stereocenters. The van der Waals surface area contributed by atoms with Gasteiger partial charge in [-0.2, -0.15) is 0 Å². The normalized spacial score (nSPS) is 26.1. The molecule has 0 aliphatic heterocycles. The number of carboxylic acids is 1. The second-order valence-electron chi connectivity index (χ2n) is 6.30. The quantitative estimate of drug-likeness (QED) is 0.892. The maximum Gasteiger partial charge on any atom is 0.335 e. The van der Waals surface area contributed by atoms with Crippen molar-refractivity contribution in [3.05, 3.63) is 34.2 Å². The molecule has 5 heteroatoms. The lowest BCUT2D eigenvalue weighted by molar-refractivity contribution is 0.0697. The summed E-state index contributed by atoms with van der Waals surface area (Å²) in [7, 11) is 0. The summed E-state index contributed by atoms with van der Waals surface area (Å²) in [5, 5.41) is 9.04. The van der Waals surface area contributed by atoms with Gasteiger partial charge < -0.3 is 10.1 Å². The molecular weight excluding hydrogens is 268 g/mol. The highest BCUT2D eigenvalue weighted by Crippen LogP contribution is 2.37. The van der Waals surface area contributed by atoms with Crippen molar-refractivity contribution in [1.82, 2.24) is 9.55 Å². The zero-order valence-electron chi connectivity index (χ0n) is 12.3. The fourth-order valence-electron chi connectivity index (χ4n) is 3.63. The van der Waals surface area contributed by atoms with Gasteiger partial charge in [0, 0.05) is 6.04 Å². The minimum atomic E-state index is -0.981. The smallest absolute Gasteiger partial charge is 0.335 e. The van der Waals surface area contributed by atoms with Crippen LogP contribution in [0.5, 0.6) is 0 Å². The number of aromatic nitrogens is 2. The molecule has 0 saturated heterocycles. The summed E-state index contributed by atoms with van der Waals surface area (Å²) in [6.45, 7) is 4.45. The molecule has 3 atom stereocenters. The first-order valence-corrected chi connectivity index (χ1v) is 7.45. The first-order valence-electron chi connectivity index (χ1n) is 7.45. The average Bonchev–Trinajstić information content (AvgIpc) is 2.74. The van der Waals surface area contributed by atoms with Crippen LogP contribution in [0.1, 0.15) is 49.5 Å². The topological polar surface area (TPSA) is 75.1 Å². The largest absolute Gasteiger partial charge is 0.478 e. The molecule has 3 rings (SSSR count). The summed E-state index contributed by atoms with van der Waals surface area (Å²) in [6.07, 6.45) is 3.24. The number of benzene rings is 1. The molecule has 1 saturated carbocycles. The predicted octanol–water partition coefficient (Wildman–Crippen LogP) is 3.03. The van der Waals surface area contributed by atoms with E-state index in [9.17, 15) is 9.59 Å². The van der Waals surface area contributed by atoms with Gasteiger partial charge in [-0.05, 0) is 49.3 Å². The average molecular weight is 288 g/mol. The van der Waals surface area contributed by atoms with Crippen molar-refractivity contribution in [2.24, 2.45) is 11.8 Å². The lowest BCUT2D eigenvalue weighted by Crippen LogP contribution is -2.30. The Balaban J connectivity index is 2.08. The summed E-state index contributed by atoms with van der Waals surface area (Å²) in [4.78, 5) is 26.1.